The molecular weight excluding hydrogens is 192 g/mol. The lowest BCUT2D eigenvalue weighted by molar-refractivity contribution is 0.812. The molecule has 0 fully saturated rings. The molecule has 0 atom stereocenters. The van der Waals surface area contributed by atoms with Crippen molar-refractivity contribution in [3.05, 3.63) is 15.9 Å². The minimum absolute atomic E-state index is 0.132. The fraction of sp³-hybridized carbons (Fsp3) is 0.600. The van der Waals surface area contributed by atoms with Crippen LogP contribution < -0.4 is 16.2 Å². The molecule has 0 aliphatic heterocycles. The van der Waals surface area contributed by atoms with E-state index in [0.29, 0.717) is 23.8 Å². The highest BCUT2D eigenvalue weighted by Crippen LogP contribution is 2.09. The molecule has 1 aromatic heterocycles. The quantitative estimate of drug-likeness (QED) is 0.769. The van der Waals surface area contributed by atoms with Crippen molar-refractivity contribution < 1.29 is 0 Å². The first kappa shape index (κ1) is 11.6. The van der Waals surface area contributed by atoms with E-state index in [-0.39, 0.29) is 5.56 Å². The molecule has 0 radical (unpaired) electrons. The number of aromatic amines is 1. The lowest BCUT2D eigenvalue weighted by atomic mass is 10.2. The monoisotopic (exact) mass is 210 g/mol. The summed E-state index contributed by atoms with van der Waals surface area (Å²) >= 11 is 0. The first-order valence-electron chi connectivity index (χ1n) is 5.27. The van der Waals surface area contributed by atoms with E-state index in [1.54, 1.807) is 0 Å². The Kier molecular flexibility index (Phi) is 3.71. The van der Waals surface area contributed by atoms with Gasteiger partial charge in [-0.15, -0.1) is 0 Å². The first-order valence-corrected chi connectivity index (χ1v) is 5.27. The van der Waals surface area contributed by atoms with Gasteiger partial charge in [0, 0.05) is 13.1 Å². The number of rotatable bonds is 4. The van der Waals surface area contributed by atoms with E-state index < -0.39 is 0 Å². The summed E-state index contributed by atoms with van der Waals surface area (Å²) in [5.41, 5.74) is 6.15. The summed E-state index contributed by atoms with van der Waals surface area (Å²) < 4.78 is 0. The van der Waals surface area contributed by atoms with Crippen LogP contribution in [0.4, 0.5) is 11.8 Å². The molecule has 84 valence electrons. The van der Waals surface area contributed by atoms with Crippen molar-refractivity contribution >= 4 is 11.8 Å². The molecule has 0 saturated heterocycles. The number of nitrogens with zero attached hydrogens (tertiary/aromatic N) is 2. The zero-order chi connectivity index (χ0) is 11.4. The van der Waals surface area contributed by atoms with E-state index in [1.165, 1.54) is 0 Å². The minimum atomic E-state index is -0.132. The zero-order valence-corrected chi connectivity index (χ0v) is 9.50. The Hall–Kier alpha value is -1.52. The number of aromatic nitrogens is 2. The van der Waals surface area contributed by atoms with Crippen molar-refractivity contribution in [3.63, 3.8) is 0 Å². The third-order valence-electron chi connectivity index (χ3n) is 2.45. The molecule has 3 N–H and O–H groups in total. The number of nitrogen functional groups attached to an aromatic ring is 1. The van der Waals surface area contributed by atoms with Gasteiger partial charge in [-0.05, 0) is 20.3 Å². The largest absolute Gasteiger partial charge is 0.383 e. The summed E-state index contributed by atoms with van der Waals surface area (Å²) in [6.07, 6.45) is 0.604. The van der Waals surface area contributed by atoms with Crippen LogP contribution in [-0.2, 0) is 6.42 Å². The third kappa shape index (κ3) is 2.29. The number of nitrogens with one attached hydrogen (secondary N) is 1. The molecule has 0 spiro atoms. The van der Waals surface area contributed by atoms with Crippen LogP contribution in [0.3, 0.4) is 0 Å². The molecule has 1 aromatic rings. The normalized spacial score (nSPS) is 10.3. The Morgan fingerprint density at radius 2 is 1.93 bits per heavy atom. The zero-order valence-electron chi connectivity index (χ0n) is 9.50. The third-order valence-corrected chi connectivity index (χ3v) is 2.45. The number of nitrogens with two attached hydrogens (primary N) is 1. The molecule has 1 rings (SSSR count). The topological polar surface area (TPSA) is 75.0 Å². The van der Waals surface area contributed by atoms with Crippen LogP contribution in [0.25, 0.3) is 0 Å². The van der Waals surface area contributed by atoms with Crippen molar-refractivity contribution in [1.29, 1.82) is 0 Å². The molecule has 1 heterocycles. The summed E-state index contributed by atoms with van der Waals surface area (Å²) in [5.74, 6) is 0.892. The predicted molar refractivity (Wildman–Crippen MR) is 62.2 cm³/mol. The van der Waals surface area contributed by atoms with Crippen LogP contribution in [0.2, 0.25) is 0 Å². The van der Waals surface area contributed by atoms with Gasteiger partial charge >= 0.3 is 0 Å². The molecule has 5 nitrogen and oxygen atoms in total. The van der Waals surface area contributed by atoms with Gasteiger partial charge in [0.1, 0.15) is 5.82 Å². The van der Waals surface area contributed by atoms with Gasteiger partial charge in [-0.25, -0.2) is 0 Å². The van der Waals surface area contributed by atoms with E-state index in [0.717, 1.165) is 13.1 Å². The Labute approximate surface area is 89.3 Å². The summed E-state index contributed by atoms with van der Waals surface area (Å²) in [4.78, 5) is 20.5. The summed E-state index contributed by atoms with van der Waals surface area (Å²) in [5, 5.41) is 0. The van der Waals surface area contributed by atoms with Crippen LogP contribution in [0, 0.1) is 0 Å². The Morgan fingerprint density at radius 3 is 2.33 bits per heavy atom. The average Bonchev–Trinajstić information content (AvgIpc) is 2.19. The standard InChI is InChI=1S/C10H18N4O/c1-4-7-8(11)12-10(13-9(7)15)14(5-2)6-3/h4-6H2,1-3H3,(H3,11,12,13,15). The number of hydrogen-bond acceptors (Lipinski definition) is 4. The van der Waals surface area contributed by atoms with Gasteiger partial charge in [-0.1, -0.05) is 6.92 Å². The molecule has 0 aromatic carbocycles. The van der Waals surface area contributed by atoms with E-state index in [2.05, 4.69) is 9.97 Å². The van der Waals surface area contributed by atoms with Crippen molar-refractivity contribution in [3.8, 4) is 0 Å². The molecular formula is C10H18N4O. The molecule has 5 heteroatoms. The van der Waals surface area contributed by atoms with Crippen molar-refractivity contribution in [2.24, 2.45) is 0 Å². The SMILES string of the molecule is CCc1c(N)nc(N(CC)CC)[nH]c1=O. The summed E-state index contributed by atoms with van der Waals surface area (Å²) in [7, 11) is 0. The molecule has 0 bridgehead atoms. The van der Waals surface area contributed by atoms with Gasteiger partial charge in [0.15, 0.2) is 0 Å². The van der Waals surface area contributed by atoms with E-state index in [9.17, 15) is 4.79 Å². The van der Waals surface area contributed by atoms with Gasteiger partial charge in [-0.3, -0.25) is 9.78 Å². The van der Waals surface area contributed by atoms with Gasteiger partial charge in [0.05, 0.1) is 5.56 Å². The lowest BCUT2D eigenvalue weighted by Gasteiger charge is -2.19. The lowest BCUT2D eigenvalue weighted by Crippen LogP contribution is -2.28. The smallest absolute Gasteiger partial charge is 0.257 e. The Balaban J connectivity index is 3.19. The first-order chi connectivity index (χ1) is 7.13. The van der Waals surface area contributed by atoms with E-state index in [1.807, 2.05) is 25.7 Å². The van der Waals surface area contributed by atoms with Crippen LogP contribution >= 0.6 is 0 Å². The number of hydrogen-bond donors (Lipinski definition) is 2. The maximum absolute atomic E-state index is 11.6. The van der Waals surface area contributed by atoms with Crippen LogP contribution in [0.15, 0.2) is 4.79 Å². The van der Waals surface area contributed by atoms with Crippen LogP contribution in [0.1, 0.15) is 26.3 Å². The molecule has 0 unspecified atom stereocenters. The average molecular weight is 210 g/mol. The van der Waals surface area contributed by atoms with Gasteiger partial charge in [0.25, 0.3) is 5.56 Å². The highest BCUT2D eigenvalue weighted by atomic mass is 16.1. The van der Waals surface area contributed by atoms with E-state index in [4.69, 9.17) is 5.73 Å². The second-order valence-corrected chi connectivity index (χ2v) is 3.28. The Morgan fingerprint density at radius 1 is 1.33 bits per heavy atom. The van der Waals surface area contributed by atoms with E-state index >= 15 is 0 Å². The Bertz CT molecular complexity index is 381. The fourth-order valence-electron chi connectivity index (χ4n) is 1.52. The van der Waals surface area contributed by atoms with Gasteiger partial charge < -0.3 is 10.6 Å². The number of H-pyrrole nitrogens is 1. The van der Waals surface area contributed by atoms with Crippen LogP contribution in [-0.4, -0.2) is 23.1 Å². The maximum atomic E-state index is 11.6. The molecule has 0 aliphatic carbocycles. The second kappa shape index (κ2) is 4.82. The maximum Gasteiger partial charge on any atom is 0.257 e. The summed E-state index contributed by atoms with van der Waals surface area (Å²) in [6, 6.07) is 0. The van der Waals surface area contributed by atoms with Gasteiger partial charge in [-0.2, -0.15) is 4.98 Å². The minimum Gasteiger partial charge on any atom is -0.383 e. The van der Waals surface area contributed by atoms with Crippen molar-refractivity contribution in [2.75, 3.05) is 23.7 Å². The fourth-order valence-corrected chi connectivity index (χ4v) is 1.52. The molecule has 0 aliphatic rings. The highest BCUT2D eigenvalue weighted by molar-refractivity contribution is 5.44. The van der Waals surface area contributed by atoms with Crippen molar-refractivity contribution in [2.45, 2.75) is 27.2 Å². The molecule has 0 saturated carbocycles. The number of anilines is 2. The van der Waals surface area contributed by atoms with Crippen LogP contribution in [0.5, 0.6) is 0 Å². The molecule has 0 amide bonds. The van der Waals surface area contributed by atoms with Crippen molar-refractivity contribution in [1.82, 2.24) is 9.97 Å². The molecule has 15 heavy (non-hydrogen) atoms. The van der Waals surface area contributed by atoms with Gasteiger partial charge in [0.2, 0.25) is 5.95 Å². The highest BCUT2D eigenvalue weighted by Gasteiger charge is 2.10. The summed E-state index contributed by atoms with van der Waals surface area (Å²) in [6.45, 7) is 7.50. The second-order valence-electron chi connectivity index (χ2n) is 3.28. The predicted octanol–water partition coefficient (Wildman–Crippen LogP) is 0.761.